The van der Waals surface area contributed by atoms with Crippen molar-refractivity contribution in [1.29, 1.82) is 10.5 Å². The van der Waals surface area contributed by atoms with Gasteiger partial charge in [-0.3, -0.25) is 4.98 Å². The number of rotatable bonds is 8. The Bertz CT molecular complexity index is 1130. The van der Waals surface area contributed by atoms with E-state index < -0.39 is 0 Å². The van der Waals surface area contributed by atoms with Crippen molar-refractivity contribution in [1.82, 2.24) is 9.97 Å². The number of hydrogen-bond acceptors (Lipinski definition) is 8. The molecule has 0 aliphatic heterocycles. The van der Waals surface area contributed by atoms with Gasteiger partial charge in [-0.2, -0.15) is 10.5 Å². The first-order valence-electron chi connectivity index (χ1n) is 9.41. The van der Waals surface area contributed by atoms with Gasteiger partial charge < -0.3 is 14.6 Å². The summed E-state index contributed by atoms with van der Waals surface area (Å²) in [6, 6.07) is 15.2. The number of aryl methyl sites for hydroxylation is 1. The van der Waals surface area contributed by atoms with Crippen LogP contribution in [0, 0.1) is 29.6 Å². The molecule has 0 aliphatic rings. The van der Waals surface area contributed by atoms with Gasteiger partial charge in [-0.1, -0.05) is 18.2 Å². The van der Waals surface area contributed by atoms with Gasteiger partial charge in [0.1, 0.15) is 35.1 Å². The summed E-state index contributed by atoms with van der Waals surface area (Å²) < 4.78 is 10.8. The van der Waals surface area contributed by atoms with E-state index in [1.807, 2.05) is 19.1 Å². The zero-order chi connectivity index (χ0) is 22.2. The van der Waals surface area contributed by atoms with E-state index in [-0.39, 0.29) is 24.7 Å². The van der Waals surface area contributed by atoms with Gasteiger partial charge in [-0.15, -0.1) is 11.8 Å². The van der Waals surface area contributed by atoms with Crippen LogP contribution in [0.5, 0.6) is 11.6 Å². The minimum atomic E-state index is -0.0858. The zero-order valence-electron chi connectivity index (χ0n) is 17.1. The van der Waals surface area contributed by atoms with Crippen LogP contribution in [0.2, 0.25) is 0 Å². The first kappa shape index (κ1) is 22.1. The second-order valence-electron chi connectivity index (χ2n) is 6.47. The number of methoxy groups -OCH3 is 1. The van der Waals surface area contributed by atoms with Crippen molar-refractivity contribution >= 4 is 11.8 Å². The molecule has 0 spiro atoms. The molecule has 2 heterocycles. The summed E-state index contributed by atoms with van der Waals surface area (Å²) in [7, 11) is 1.45. The van der Waals surface area contributed by atoms with Crippen LogP contribution >= 0.6 is 11.8 Å². The number of ether oxygens (including phenoxy) is 2. The van der Waals surface area contributed by atoms with E-state index in [9.17, 15) is 10.5 Å². The summed E-state index contributed by atoms with van der Waals surface area (Å²) in [5, 5.41) is 29.1. The molecule has 156 valence electrons. The third-order valence-corrected chi connectivity index (χ3v) is 5.45. The molecular weight excluding hydrogens is 412 g/mol. The molecule has 0 atom stereocenters. The molecule has 0 saturated heterocycles. The van der Waals surface area contributed by atoms with Crippen molar-refractivity contribution in [3.8, 4) is 34.9 Å². The molecule has 0 aliphatic carbocycles. The summed E-state index contributed by atoms with van der Waals surface area (Å²) in [6.45, 7) is 2.02. The molecule has 31 heavy (non-hydrogen) atoms. The van der Waals surface area contributed by atoms with Gasteiger partial charge in [0.2, 0.25) is 5.88 Å². The molecule has 3 aromatic rings. The van der Waals surface area contributed by atoms with E-state index in [1.165, 1.54) is 18.9 Å². The number of aromatic nitrogens is 2. The highest BCUT2D eigenvalue weighted by molar-refractivity contribution is 7.98. The van der Waals surface area contributed by atoms with Gasteiger partial charge in [0, 0.05) is 23.2 Å². The lowest BCUT2D eigenvalue weighted by Crippen LogP contribution is -2.03. The van der Waals surface area contributed by atoms with E-state index in [2.05, 4.69) is 22.1 Å². The lowest BCUT2D eigenvalue weighted by molar-refractivity contribution is 0.201. The molecule has 1 aromatic carbocycles. The quantitative estimate of drug-likeness (QED) is 0.534. The summed E-state index contributed by atoms with van der Waals surface area (Å²) >= 11 is 1.39. The normalized spacial score (nSPS) is 10.2. The Morgan fingerprint density at radius 1 is 1.06 bits per heavy atom. The fraction of sp³-hybridized carbons (Fsp3) is 0.217. The maximum Gasteiger partial charge on any atom is 0.233 e. The largest absolute Gasteiger partial charge is 0.491 e. The van der Waals surface area contributed by atoms with Crippen molar-refractivity contribution in [2.75, 3.05) is 20.3 Å². The summed E-state index contributed by atoms with van der Waals surface area (Å²) in [6.07, 6.45) is 1.79. The Hall–Kier alpha value is -3.59. The van der Waals surface area contributed by atoms with Gasteiger partial charge in [0.25, 0.3) is 0 Å². The smallest absolute Gasteiger partial charge is 0.233 e. The molecule has 0 unspecified atom stereocenters. The number of nitrogens with zero attached hydrogens (tertiary/aromatic N) is 4. The molecule has 1 N–H and O–H groups in total. The van der Waals surface area contributed by atoms with E-state index in [0.717, 1.165) is 11.3 Å². The number of benzene rings is 1. The fourth-order valence-corrected chi connectivity index (χ4v) is 3.82. The van der Waals surface area contributed by atoms with Crippen LogP contribution in [0.4, 0.5) is 0 Å². The maximum absolute atomic E-state index is 9.93. The number of aliphatic hydroxyl groups excluding tert-OH is 1. The first-order valence-corrected chi connectivity index (χ1v) is 10.4. The molecule has 2 aromatic heterocycles. The van der Waals surface area contributed by atoms with E-state index in [0.29, 0.717) is 33.2 Å². The zero-order valence-corrected chi connectivity index (χ0v) is 17.9. The molecule has 0 radical (unpaired) electrons. The van der Waals surface area contributed by atoms with Gasteiger partial charge in [-0.25, -0.2) is 4.98 Å². The van der Waals surface area contributed by atoms with Gasteiger partial charge in [0.15, 0.2) is 0 Å². The third kappa shape index (κ3) is 5.13. The Morgan fingerprint density at radius 3 is 2.39 bits per heavy atom. The third-order valence-electron chi connectivity index (χ3n) is 4.40. The Balaban J connectivity index is 2.04. The van der Waals surface area contributed by atoms with Crippen LogP contribution < -0.4 is 9.47 Å². The number of aliphatic hydroxyl groups is 1. The van der Waals surface area contributed by atoms with Crippen LogP contribution in [0.1, 0.15) is 22.4 Å². The number of pyridine rings is 2. The maximum atomic E-state index is 9.93. The Kier molecular flexibility index (Phi) is 7.45. The van der Waals surface area contributed by atoms with E-state index in [4.69, 9.17) is 14.6 Å². The molecule has 0 fully saturated rings. The van der Waals surface area contributed by atoms with E-state index >= 15 is 0 Å². The second-order valence-corrected chi connectivity index (χ2v) is 7.43. The highest BCUT2D eigenvalue weighted by Gasteiger charge is 2.22. The van der Waals surface area contributed by atoms with Crippen molar-refractivity contribution in [2.24, 2.45) is 0 Å². The van der Waals surface area contributed by atoms with Crippen molar-refractivity contribution < 1.29 is 14.6 Å². The molecule has 0 bridgehead atoms. The fourth-order valence-electron chi connectivity index (χ4n) is 2.91. The van der Waals surface area contributed by atoms with E-state index in [1.54, 1.807) is 30.5 Å². The second kappa shape index (κ2) is 10.4. The molecule has 0 saturated carbocycles. The monoisotopic (exact) mass is 432 g/mol. The van der Waals surface area contributed by atoms with Crippen molar-refractivity contribution in [3.63, 3.8) is 0 Å². The average molecular weight is 433 g/mol. The first-order chi connectivity index (χ1) is 15.1. The Morgan fingerprint density at radius 2 is 1.81 bits per heavy atom. The van der Waals surface area contributed by atoms with Crippen LogP contribution in [0.25, 0.3) is 11.1 Å². The minimum absolute atomic E-state index is 0.0858. The Labute approximate surface area is 184 Å². The lowest BCUT2D eigenvalue weighted by atomic mass is 9.97. The van der Waals surface area contributed by atoms with Gasteiger partial charge >= 0.3 is 0 Å². The highest BCUT2D eigenvalue weighted by atomic mass is 32.2. The van der Waals surface area contributed by atoms with Gasteiger partial charge in [-0.05, 0) is 36.2 Å². The summed E-state index contributed by atoms with van der Waals surface area (Å²) in [5.74, 6) is 1.32. The molecule has 0 amide bonds. The minimum Gasteiger partial charge on any atom is -0.491 e. The molecule has 7 nitrogen and oxygen atoms in total. The summed E-state index contributed by atoms with van der Waals surface area (Å²) in [4.78, 5) is 8.73. The van der Waals surface area contributed by atoms with Crippen LogP contribution in [0.3, 0.4) is 0 Å². The van der Waals surface area contributed by atoms with Gasteiger partial charge in [0.05, 0.1) is 19.3 Å². The van der Waals surface area contributed by atoms with Crippen LogP contribution in [0.15, 0.2) is 47.6 Å². The SMILES string of the molecule is COc1nc(SCc2ccc(C)nc2)c(C#N)c(-c2ccc(OCCO)cc2)c1C#N. The predicted octanol–water partition coefficient (Wildman–Crippen LogP) is 3.87. The highest BCUT2D eigenvalue weighted by Crippen LogP contribution is 2.38. The average Bonchev–Trinajstić information content (AvgIpc) is 2.81. The number of thioether (sulfide) groups is 1. The van der Waals surface area contributed by atoms with Crippen molar-refractivity contribution in [2.45, 2.75) is 17.7 Å². The van der Waals surface area contributed by atoms with Crippen LogP contribution in [-0.2, 0) is 5.75 Å². The van der Waals surface area contributed by atoms with Crippen LogP contribution in [-0.4, -0.2) is 35.4 Å². The van der Waals surface area contributed by atoms with Crippen molar-refractivity contribution in [3.05, 3.63) is 65.0 Å². The standard InChI is InChI=1S/C23H20N4O3S/c1-15-3-4-16(13-26-15)14-31-23-20(12-25)21(19(11-24)22(27-23)29-2)17-5-7-18(8-6-17)30-10-9-28/h3-8,13,28H,9-10,14H2,1-2H3. The number of hydrogen-bond donors (Lipinski definition) is 1. The topological polar surface area (TPSA) is 112 Å². The lowest BCUT2D eigenvalue weighted by Gasteiger charge is -2.14. The predicted molar refractivity (Wildman–Crippen MR) is 117 cm³/mol. The summed E-state index contributed by atoms with van der Waals surface area (Å²) in [5.41, 5.74) is 3.57. The number of nitriles is 2. The molecule has 8 heteroatoms. The molecular formula is C23H20N4O3S. The molecule has 3 rings (SSSR count).